The fourth-order valence-corrected chi connectivity index (χ4v) is 3.59. The van der Waals surface area contributed by atoms with Crippen molar-refractivity contribution in [1.82, 2.24) is 25.7 Å². The van der Waals surface area contributed by atoms with Crippen LogP contribution in [0, 0.1) is 0 Å². The minimum atomic E-state index is -0.224. The van der Waals surface area contributed by atoms with Crippen LogP contribution in [0.25, 0.3) is 22.2 Å². The second kappa shape index (κ2) is 9.61. The van der Waals surface area contributed by atoms with Gasteiger partial charge in [0.15, 0.2) is 17.3 Å². The van der Waals surface area contributed by atoms with E-state index in [-0.39, 0.29) is 24.7 Å². The molecule has 0 unspecified atom stereocenters. The highest BCUT2D eigenvalue weighted by Gasteiger charge is 2.17. The number of rotatable bonds is 9. The summed E-state index contributed by atoms with van der Waals surface area (Å²) in [4.78, 5) is 28.4. The van der Waals surface area contributed by atoms with Crippen molar-refractivity contribution in [3.63, 3.8) is 0 Å². The number of amides is 1. The first-order valence-electron chi connectivity index (χ1n) is 10.9. The molecule has 5 rings (SSSR count). The number of aromatic amines is 1. The summed E-state index contributed by atoms with van der Waals surface area (Å²) < 4.78 is 15.9. The lowest BCUT2D eigenvalue weighted by Gasteiger charge is -2.08. The van der Waals surface area contributed by atoms with Gasteiger partial charge < -0.3 is 24.6 Å². The van der Waals surface area contributed by atoms with Gasteiger partial charge in [0.25, 0.3) is 5.56 Å². The number of aromatic nitrogens is 4. The molecule has 1 aliphatic heterocycles. The number of H-pyrrole nitrogens is 1. The lowest BCUT2D eigenvalue weighted by Crippen LogP contribution is -2.26. The molecule has 11 heteroatoms. The average Bonchev–Trinajstić information content (AvgIpc) is 3.53. The second-order valence-electron chi connectivity index (χ2n) is 7.66. The van der Waals surface area contributed by atoms with Crippen molar-refractivity contribution < 1.29 is 18.8 Å². The molecule has 2 aromatic heterocycles. The molecule has 2 aromatic carbocycles. The fourth-order valence-electron chi connectivity index (χ4n) is 3.59. The number of nitrogens with zero attached hydrogens (tertiary/aromatic N) is 3. The Labute approximate surface area is 193 Å². The number of fused-ring (bicyclic) bond motifs is 2. The third-order valence-corrected chi connectivity index (χ3v) is 5.33. The maximum atomic E-state index is 12.2. The highest BCUT2D eigenvalue weighted by Crippen LogP contribution is 2.35. The zero-order valence-electron chi connectivity index (χ0n) is 18.2. The predicted octanol–water partition coefficient (Wildman–Crippen LogP) is 2.25. The van der Waals surface area contributed by atoms with Crippen molar-refractivity contribution in [3.8, 4) is 22.9 Å². The zero-order chi connectivity index (χ0) is 23.3. The van der Waals surface area contributed by atoms with Crippen molar-refractivity contribution in [1.29, 1.82) is 0 Å². The molecule has 0 saturated heterocycles. The largest absolute Gasteiger partial charge is 0.454 e. The Morgan fingerprint density at radius 3 is 2.82 bits per heavy atom. The lowest BCUT2D eigenvalue weighted by molar-refractivity contribution is -0.121. The van der Waals surface area contributed by atoms with Crippen LogP contribution < -0.4 is 25.7 Å². The minimum absolute atomic E-state index is 0.101. The van der Waals surface area contributed by atoms with Crippen LogP contribution in [0.1, 0.15) is 18.7 Å². The molecule has 0 radical (unpaired) electrons. The summed E-state index contributed by atoms with van der Waals surface area (Å²) in [6.45, 7) is 1.29. The van der Waals surface area contributed by atoms with E-state index in [4.69, 9.17) is 14.0 Å². The number of nitrogens with one attached hydrogen (secondary N) is 3. The average molecular weight is 462 g/mol. The molecule has 3 N–H and O–H groups in total. The maximum Gasteiger partial charge on any atom is 0.272 e. The number of benzene rings is 2. The molecule has 0 aliphatic carbocycles. The number of anilines is 1. The Hall–Kier alpha value is -4.41. The summed E-state index contributed by atoms with van der Waals surface area (Å²) in [5.41, 5.74) is 0.527. The standard InChI is InChI=1S/C23H22N6O5/c30-19(24-10-3-11-25-22-15-4-1-2-5-16(15)23(31)28-27-22)8-9-20-26-21(29-34-20)14-6-7-17-18(12-14)33-13-32-17/h1-2,4-7,12H,3,8-11,13H2,(H,24,30)(H,25,27)(H,28,31). The van der Waals surface area contributed by atoms with Crippen molar-refractivity contribution in [2.75, 3.05) is 25.2 Å². The van der Waals surface area contributed by atoms with Gasteiger partial charge in [0.2, 0.25) is 24.4 Å². The molecule has 0 saturated carbocycles. The van der Waals surface area contributed by atoms with Gasteiger partial charge in [-0.25, -0.2) is 5.10 Å². The van der Waals surface area contributed by atoms with E-state index in [9.17, 15) is 9.59 Å². The van der Waals surface area contributed by atoms with Gasteiger partial charge in [-0.1, -0.05) is 23.4 Å². The smallest absolute Gasteiger partial charge is 0.272 e. The molecule has 0 spiro atoms. The number of ether oxygens (including phenoxy) is 2. The number of carbonyl (C=O) groups is 1. The molecule has 4 aromatic rings. The van der Waals surface area contributed by atoms with E-state index < -0.39 is 0 Å². The van der Waals surface area contributed by atoms with E-state index in [2.05, 4.69) is 31.0 Å². The van der Waals surface area contributed by atoms with Crippen LogP contribution in [-0.2, 0) is 11.2 Å². The Bertz CT molecular complexity index is 1380. The topological polar surface area (TPSA) is 144 Å². The summed E-state index contributed by atoms with van der Waals surface area (Å²) in [7, 11) is 0. The van der Waals surface area contributed by atoms with Crippen LogP contribution in [0.5, 0.6) is 11.5 Å². The maximum absolute atomic E-state index is 12.2. The normalized spacial score (nSPS) is 12.1. The molecule has 11 nitrogen and oxygen atoms in total. The molecule has 0 fully saturated rings. The Morgan fingerprint density at radius 1 is 1.06 bits per heavy atom. The van der Waals surface area contributed by atoms with Gasteiger partial charge in [-0.05, 0) is 30.7 Å². The third kappa shape index (κ3) is 4.68. The summed E-state index contributed by atoms with van der Waals surface area (Å²) in [5.74, 6) is 2.65. The molecule has 34 heavy (non-hydrogen) atoms. The molecule has 174 valence electrons. The quantitative estimate of drug-likeness (QED) is 0.319. The van der Waals surface area contributed by atoms with Crippen molar-refractivity contribution in [2.45, 2.75) is 19.3 Å². The predicted molar refractivity (Wildman–Crippen MR) is 123 cm³/mol. The van der Waals surface area contributed by atoms with Gasteiger partial charge in [-0.3, -0.25) is 9.59 Å². The molecular formula is C23H22N6O5. The highest BCUT2D eigenvalue weighted by molar-refractivity contribution is 5.90. The number of carbonyl (C=O) groups excluding carboxylic acids is 1. The van der Waals surface area contributed by atoms with Gasteiger partial charge in [0, 0.05) is 36.9 Å². The molecular weight excluding hydrogens is 440 g/mol. The monoisotopic (exact) mass is 462 g/mol. The molecule has 0 bridgehead atoms. The van der Waals surface area contributed by atoms with Crippen LogP contribution in [0.15, 0.2) is 51.8 Å². The van der Waals surface area contributed by atoms with Gasteiger partial charge >= 0.3 is 0 Å². The summed E-state index contributed by atoms with van der Waals surface area (Å²) >= 11 is 0. The van der Waals surface area contributed by atoms with Crippen LogP contribution in [-0.4, -0.2) is 46.1 Å². The number of hydrogen-bond donors (Lipinski definition) is 3. The summed E-state index contributed by atoms with van der Waals surface area (Å²) in [5, 5.41) is 18.0. The van der Waals surface area contributed by atoms with Crippen LogP contribution in [0.3, 0.4) is 0 Å². The van der Waals surface area contributed by atoms with Crippen molar-refractivity contribution in [3.05, 3.63) is 58.7 Å². The van der Waals surface area contributed by atoms with Crippen molar-refractivity contribution in [2.24, 2.45) is 0 Å². The molecule has 1 amide bonds. The highest BCUT2D eigenvalue weighted by atomic mass is 16.7. The van der Waals surface area contributed by atoms with Crippen LogP contribution >= 0.6 is 0 Å². The SMILES string of the molecule is O=C(CCc1nc(-c2ccc3c(c2)OCO3)no1)NCCCNc1n[nH]c(=O)c2ccccc12. The molecule has 3 heterocycles. The third-order valence-electron chi connectivity index (χ3n) is 5.33. The van der Waals surface area contributed by atoms with Crippen LogP contribution in [0.4, 0.5) is 5.82 Å². The summed E-state index contributed by atoms with van der Waals surface area (Å²) in [6.07, 6.45) is 1.27. The fraction of sp³-hybridized carbons (Fsp3) is 0.261. The first kappa shape index (κ1) is 21.4. The second-order valence-corrected chi connectivity index (χ2v) is 7.66. The van der Waals surface area contributed by atoms with Gasteiger partial charge in [0.1, 0.15) is 0 Å². The van der Waals surface area contributed by atoms with E-state index in [1.54, 1.807) is 18.2 Å². The van der Waals surface area contributed by atoms with E-state index in [0.29, 0.717) is 60.3 Å². The van der Waals surface area contributed by atoms with Gasteiger partial charge in [-0.2, -0.15) is 10.1 Å². The van der Waals surface area contributed by atoms with Gasteiger partial charge in [0.05, 0.1) is 5.39 Å². The Kier molecular flexibility index (Phi) is 6.06. The van der Waals surface area contributed by atoms with E-state index >= 15 is 0 Å². The Balaban J connectivity index is 1.05. The van der Waals surface area contributed by atoms with Crippen molar-refractivity contribution >= 4 is 22.5 Å². The molecule has 0 atom stereocenters. The Morgan fingerprint density at radius 2 is 1.91 bits per heavy atom. The van der Waals surface area contributed by atoms with Crippen LogP contribution in [0.2, 0.25) is 0 Å². The lowest BCUT2D eigenvalue weighted by atomic mass is 10.2. The van der Waals surface area contributed by atoms with E-state index in [1.807, 2.05) is 24.3 Å². The number of hydrogen-bond acceptors (Lipinski definition) is 9. The minimum Gasteiger partial charge on any atom is -0.454 e. The molecule has 1 aliphatic rings. The van der Waals surface area contributed by atoms with E-state index in [1.165, 1.54) is 0 Å². The summed E-state index contributed by atoms with van der Waals surface area (Å²) in [6, 6.07) is 12.7. The van der Waals surface area contributed by atoms with Gasteiger partial charge in [-0.15, -0.1) is 0 Å². The van der Waals surface area contributed by atoms with E-state index in [0.717, 1.165) is 10.9 Å². The number of aryl methyl sites for hydroxylation is 1. The first-order chi connectivity index (χ1) is 16.7. The first-order valence-corrected chi connectivity index (χ1v) is 10.9. The zero-order valence-corrected chi connectivity index (χ0v) is 18.2.